The van der Waals surface area contributed by atoms with Gasteiger partial charge in [-0.1, -0.05) is 36.4 Å². The molecule has 37 heavy (non-hydrogen) atoms. The van der Waals surface area contributed by atoms with Crippen LogP contribution < -0.4 is 10.2 Å². The van der Waals surface area contributed by atoms with Crippen LogP contribution in [0.15, 0.2) is 84.9 Å². The van der Waals surface area contributed by atoms with Crippen molar-refractivity contribution in [1.82, 2.24) is 14.9 Å². The molecule has 2 heterocycles. The van der Waals surface area contributed by atoms with Crippen molar-refractivity contribution in [2.75, 3.05) is 18.5 Å². The van der Waals surface area contributed by atoms with Gasteiger partial charge < -0.3 is 19.8 Å². The highest BCUT2D eigenvalue weighted by molar-refractivity contribution is 6.10. The number of fused-ring (bicyclic) bond motifs is 6. The molecule has 0 aliphatic heterocycles. The lowest BCUT2D eigenvalue weighted by molar-refractivity contribution is 0.0953. The number of nitrogens with zero attached hydrogens (tertiary/aromatic N) is 2. The van der Waals surface area contributed by atoms with E-state index in [0.717, 1.165) is 34.8 Å². The number of aromatic amines is 1. The highest BCUT2D eigenvalue weighted by Gasteiger charge is 2.15. The number of carbonyl (C=O) groups excluding carboxylic acids is 1. The fourth-order valence-corrected chi connectivity index (χ4v) is 5.54. The van der Waals surface area contributed by atoms with Crippen molar-refractivity contribution in [1.29, 1.82) is 0 Å². The zero-order valence-corrected chi connectivity index (χ0v) is 21.6. The number of hydrogen-bond donors (Lipinski definition) is 2. The second kappa shape index (κ2) is 9.32. The molecule has 6 aromatic rings. The molecule has 1 amide bonds. The van der Waals surface area contributed by atoms with Gasteiger partial charge in [0.05, 0.1) is 0 Å². The number of nitrogens with one attached hydrogen (secondary N) is 2. The van der Waals surface area contributed by atoms with Crippen LogP contribution in [0.25, 0.3) is 43.6 Å². The maximum absolute atomic E-state index is 12.9. The van der Waals surface area contributed by atoms with E-state index in [1.165, 1.54) is 27.5 Å². The van der Waals surface area contributed by atoms with E-state index in [4.69, 9.17) is 0 Å². The van der Waals surface area contributed by atoms with Gasteiger partial charge in [-0.05, 0) is 68.8 Å². The van der Waals surface area contributed by atoms with Crippen molar-refractivity contribution in [3.05, 3.63) is 90.5 Å². The minimum absolute atomic E-state index is 0.0316. The Morgan fingerprint density at radius 3 is 2.43 bits per heavy atom. The van der Waals surface area contributed by atoms with E-state index in [0.29, 0.717) is 12.1 Å². The number of H-pyrrole nitrogens is 1. The molecular formula is C32H32N4O. The molecule has 6 rings (SSSR count). The van der Waals surface area contributed by atoms with E-state index < -0.39 is 0 Å². The van der Waals surface area contributed by atoms with Crippen LogP contribution in [-0.4, -0.2) is 35.1 Å². The molecule has 0 saturated carbocycles. The normalized spacial score (nSPS) is 12.5. The van der Waals surface area contributed by atoms with E-state index in [1.54, 1.807) is 0 Å². The third-order valence-corrected chi connectivity index (χ3v) is 7.76. The Morgan fingerprint density at radius 1 is 0.865 bits per heavy atom. The second-order valence-corrected chi connectivity index (χ2v) is 9.90. The van der Waals surface area contributed by atoms with E-state index in [-0.39, 0.29) is 11.9 Å². The van der Waals surface area contributed by atoms with Crippen LogP contribution in [0, 0.1) is 0 Å². The Bertz CT molecular complexity index is 1760. The Kier molecular flexibility index (Phi) is 5.84. The van der Waals surface area contributed by atoms with Crippen molar-refractivity contribution in [2.24, 2.45) is 0 Å². The highest BCUT2D eigenvalue weighted by atomic mass is 16.1. The molecule has 5 heteroatoms. The first-order chi connectivity index (χ1) is 18.0. The van der Waals surface area contributed by atoms with Crippen molar-refractivity contribution in [3.8, 4) is 0 Å². The molecule has 0 fully saturated rings. The first kappa shape index (κ1) is 23.2. The first-order valence-electron chi connectivity index (χ1n) is 13.1. The molecule has 4 aromatic carbocycles. The zero-order chi connectivity index (χ0) is 25.5. The number of benzene rings is 4. The van der Waals surface area contributed by atoms with Crippen LogP contribution in [-0.2, 0) is 6.54 Å². The monoisotopic (exact) mass is 488 g/mol. The van der Waals surface area contributed by atoms with Gasteiger partial charge in [0, 0.05) is 81.0 Å². The van der Waals surface area contributed by atoms with E-state index in [1.807, 2.05) is 30.3 Å². The van der Waals surface area contributed by atoms with Gasteiger partial charge in [0.2, 0.25) is 0 Å². The van der Waals surface area contributed by atoms with E-state index in [9.17, 15) is 4.79 Å². The van der Waals surface area contributed by atoms with Gasteiger partial charge in [-0.3, -0.25) is 4.79 Å². The van der Waals surface area contributed by atoms with Crippen molar-refractivity contribution >= 4 is 55.2 Å². The molecule has 0 saturated heterocycles. The third-order valence-electron chi connectivity index (χ3n) is 7.76. The van der Waals surface area contributed by atoms with Crippen LogP contribution >= 0.6 is 0 Å². The summed E-state index contributed by atoms with van der Waals surface area (Å²) < 4.78 is 2.38. The first-order valence-corrected chi connectivity index (χ1v) is 13.1. The maximum Gasteiger partial charge on any atom is 0.251 e. The van der Waals surface area contributed by atoms with Crippen LogP contribution in [0.1, 0.15) is 30.6 Å². The number of rotatable bonds is 7. The topological polar surface area (TPSA) is 53.1 Å². The van der Waals surface area contributed by atoms with Crippen molar-refractivity contribution in [3.63, 3.8) is 0 Å². The number of anilines is 1. The lowest BCUT2D eigenvalue weighted by Gasteiger charge is -2.27. The average molecular weight is 489 g/mol. The quantitative estimate of drug-likeness (QED) is 0.252. The van der Waals surface area contributed by atoms with Gasteiger partial charge >= 0.3 is 0 Å². The minimum atomic E-state index is -0.0316. The van der Waals surface area contributed by atoms with E-state index in [2.05, 4.69) is 95.3 Å². The summed E-state index contributed by atoms with van der Waals surface area (Å²) >= 11 is 0. The molecule has 186 valence electrons. The molecule has 0 radical (unpaired) electrons. The SMILES string of the molecule is CCn1c2ccccc2c2cc(N(C)C(C)CCNC(=O)c3ccc4[nH]c5ccccc5c4c3)ccc21. The summed E-state index contributed by atoms with van der Waals surface area (Å²) in [6, 6.07) is 29.7. The van der Waals surface area contributed by atoms with Gasteiger partial charge in [-0.2, -0.15) is 0 Å². The number of amides is 1. The predicted octanol–water partition coefficient (Wildman–Crippen LogP) is 7.09. The molecule has 2 aromatic heterocycles. The fourth-order valence-electron chi connectivity index (χ4n) is 5.54. The Balaban J connectivity index is 1.15. The summed E-state index contributed by atoms with van der Waals surface area (Å²) in [5.74, 6) is -0.0316. The Labute approximate surface area is 216 Å². The minimum Gasteiger partial charge on any atom is -0.372 e. The summed E-state index contributed by atoms with van der Waals surface area (Å²) in [6.07, 6.45) is 0.853. The smallest absolute Gasteiger partial charge is 0.251 e. The maximum atomic E-state index is 12.9. The van der Waals surface area contributed by atoms with Crippen LogP contribution in [0.2, 0.25) is 0 Å². The number of aryl methyl sites for hydroxylation is 1. The Morgan fingerprint density at radius 2 is 1.59 bits per heavy atom. The molecule has 1 unspecified atom stereocenters. The molecule has 0 aliphatic carbocycles. The molecule has 5 nitrogen and oxygen atoms in total. The molecule has 0 spiro atoms. The molecular weight excluding hydrogens is 456 g/mol. The summed E-state index contributed by atoms with van der Waals surface area (Å²) in [7, 11) is 2.14. The lowest BCUT2D eigenvalue weighted by Crippen LogP contribution is -2.34. The van der Waals surface area contributed by atoms with Crippen LogP contribution in [0.5, 0.6) is 0 Å². The number of hydrogen-bond acceptors (Lipinski definition) is 2. The summed E-state index contributed by atoms with van der Waals surface area (Å²) in [6.45, 7) is 5.97. The van der Waals surface area contributed by atoms with Gasteiger partial charge in [-0.25, -0.2) is 0 Å². The number of carbonyl (C=O) groups is 1. The van der Waals surface area contributed by atoms with Crippen LogP contribution in [0.4, 0.5) is 5.69 Å². The molecule has 0 bridgehead atoms. The highest BCUT2D eigenvalue weighted by Crippen LogP contribution is 2.32. The summed E-state index contributed by atoms with van der Waals surface area (Å²) in [4.78, 5) is 18.7. The third kappa shape index (κ3) is 4.01. The number of aromatic nitrogens is 2. The molecule has 0 aliphatic rings. The number of para-hydroxylation sites is 2. The summed E-state index contributed by atoms with van der Waals surface area (Å²) in [5.41, 5.74) is 6.57. The van der Waals surface area contributed by atoms with Crippen molar-refractivity contribution < 1.29 is 4.79 Å². The van der Waals surface area contributed by atoms with Gasteiger partial charge in [0.15, 0.2) is 0 Å². The van der Waals surface area contributed by atoms with Gasteiger partial charge in [0.25, 0.3) is 5.91 Å². The van der Waals surface area contributed by atoms with Gasteiger partial charge in [0.1, 0.15) is 0 Å². The van der Waals surface area contributed by atoms with Crippen molar-refractivity contribution in [2.45, 2.75) is 32.9 Å². The fraction of sp³-hybridized carbons (Fsp3) is 0.219. The zero-order valence-electron chi connectivity index (χ0n) is 21.6. The molecule has 2 N–H and O–H groups in total. The largest absolute Gasteiger partial charge is 0.372 e. The summed E-state index contributed by atoms with van der Waals surface area (Å²) in [5, 5.41) is 7.93. The molecule has 1 atom stereocenters. The van der Waals surface area contributed by atoms with E-state index >= 15 is 0 Å². The van der Waals surface area contributed by atoms with Gasteiger partial charge in [-0.15, -0.1) is 0 Å². The average Bonchev–Trinajstić information content (AvgIpc) is 3.47. The van der Waals surface area contributed by atoms with Crippen LogP contribution in [0.3, 0.4) is 0 Å². The lowest BCUT2D eigenvalue weighted by atomic mass is 10.1. The second-order valence-electron chi connectivity index (χ2n) is 9.90. The Hall–Kier alpha value is -4.25. The predicted molar refractivity (Wildman–Crippen MR) is 156 cm³/mol. The standard InChI is InChI=1S/C32H32N4O/c1-4-36-30-12-8-6-10-25(30)27-20-23(14-16-31(27)36)35(3)21(2)17-18-33-32(37)22-13-15-29-26(19-22)24-9-5-7-11-28(24)34-29/h5-16,19-21,34H,4,17-18H2,1-3H3,(H,33,37).